The van der Waals surface area contributed by atoms with E-state index >= 15 is 0 Å². The number of hydrogen-bond acceptors (Lipinski definition) is 3. The summed E-state index contributed by atoms with van der Waals surface area (Å²) in [6.07, 6.45) is 0.903. The second-order valence-electron chi connectivity index (χ2n) is 4.33. The maximum Gasteiger partial charge on any atom is 0.149 e. The van der Waals surface area contributed by atoms with Crippen molar-refractivity contribution in [1.82, 2.24) is 5.32 Å². The lowest BCUT2D eigenvalue weighted by atomic mass is 9.96. The van der Waals surface area contributed by atoms with E-state index in [2.05, 4.69) is 5.32 Å². The molecule has 0 spiro atoms. The number of ketones is 1. The normalized spacial score (nSPS) is 11.8. The summed E-state index contributed by atoms with van der Waals surface area (Å²) in [5, 5.41) is 2.98. The molecule has 0 saturated heterocycles. The van der Waals surface area contributed by atoms with Gasteiger partial charge in [0.05, 0.1) is 6.54 Å². The Bertz CT molecular complexity index is 185. The maximum absolute atomic E-state index is 11.2. The molecule has 1 N–H and O–H groups in total. The van der Waals surface area contributed by atoms with Gasteiger partial charge in [-0.3, -0.25) is 4.79 Å². The summed E-state index contributed by atoms with van der Waals surface area (Å²) in [6.45, 7) is 8.33. The van der Waals surface area contributed by atoms with Crippen LogP contribution in [0.2, 0.25) is 0 Å². The highest BCUT2D eigenvalue weighted by Gasteiger charge is 2.16. The zero-order valence-electron chi connectivity index (χ0n) is 8.89. The smallest absolute Gasteiger partial charge is 0.149 e. The molecule has 0 aliphatic heterocycles. The van der Waals surface area contributed by atoms with E-state index in [-0.39, 0.29) is 17.1 Å². The molecule has 0 aliphatic carbocycles. The van der Waals surface area contributed by atoms with Gasteiger partial charge in [-0.05, 0) is 0 Å². The van der Waals surface area contributed by atoms with E-state index in [1.165, 1.54) is 0 Å². The standard InChI is InChI=1S/C10H19NO2/c1-8(2)9(13)5-11-6-10(3,4)7-12/h7-8,11H,5-6H2,1-4H3. The lowest BCUT2D eigenvalue weighted by molar-refractivity contribution is -0.121. The summed E-state index contributed by atoms with van der Waals surface area (Å²) in [6, 6.07) is 0. The fraction of sp³-hybridized carbons (Fsp3) is 0.800. The molecule has 0 saturated carbocycles. The van der Waals surface area contributed by atoms with Gasteiger partial charge in [0.2, 0.25) is 0 Å². The molecule has 0 aromatic rings. The molecule has 0 fully saturated rings. The van der Waals surface area contributed by atoms with E-state index in [1.54, 1.807) is 0 Å². The highest BCUT2D eigenvalue weighted by Crippen LogP contribution is 2.07. The number of nitrogens with one attached hydrogen (secondary N) is 1. The van der Waals surface area contributed by atoms with Gasteiger partial charge in [-0.25, -0.2) is 0 Å². The topological polar surface area (TPSA) is 46.2 Å². The molecule has 13 heavy (non-hydrogen) atoms. The van der Waals surface area contributed by atoms with Gasteiger partial charge in [0.25, 0.3) is 0 Å². The molecule has 76 valence electrons. The van der Waals surface area contributed by atoms with Crippen molar-refractivity contribution >= 4 is 12.1 Å². The van der Waals surface area contributed by atoms with Crippen molar-refractivity contribution in [1.29, 1.82) is 0 Å². The number of carbonyl (C=O) groups is 2. The van der Waals surface area contributed by atoms with Gasteiger partial charge in [0.1, 0.15) is 12.1 Å². The summed E-state index contributed by atoms with van der Waals surface area (Å²) in [5.74, 6) is 0.244. The quantitative estimate of drug-likeness (QED) is 0.629. The molecule has 3 heteroatoms. The van der Waals surface area contributed by atoms with Gasteiger partial charge in [-0.2, -0.15) is 0 Å². The summed E-state index contributed by atoms with van der Waals surface area (Å²) in [4.78, 5) is 21.7. The number of carbonyl (C=O) groups excluding carboxylic acids is 2. The summed E-state index contributed by atoms with van der Waals surface area (Å²) in [5.41, 5.74) is -0.378. The molecule has 0 unspecified atom stereocenters. The molecular formula is C10H19NO2. The van der Waals surface area contributed by atoms with Crippen LogP contribution in [0.3, 0.4) is 0 Å². The van der Waals surface area contributed by atoms with Crippen LogP contribution in [0.5, 0.6) is 0 Å². The minimum absolute atomic E-state index is 0.0619. The van der Waals surface area contributed by atoms with Crippen LogP contribution in [-0.4, -0.2) is 25.2 Å². The highest BCUT2D eigenvalue weighted by atomic mass is 16.1. The van der Waals surface area contributed by atoms with Crippen LogP contribution in [0.4, 0.5) is 0 Å². The molecule has 0 aromatic carbocycles. The Morgan fingerprint density at radius 3 is 2.38 bits per heavy atom. The van der Waals surface area contributed by atoms with E-state index < -0.39 is 0 Å². The van der Waals surface area contributed by atoms with Crippen LogP contribution in [0.1, 0.15) is 27.7 Å². The van der Waals surface area contributed by atoms with Crippen LogP contribution in [0.15, 0.2) is 0 Å². The van der Waals surface area contributed by atoms with E-state index in [0.717, 1.165) is 6.29 Å². The molecule has 3 nitrogen and oxygen atoms in total. The largest absolute Gasteiger partial charge is 0.309 e. The predicted octanol–water partition coefficient (Wildman–Crippen LogP) is 1.03. The fourth-order valence-electron chi connectivity index (χ4n) is 0.754. The Labute approximate surface area is 79.9 Å². The Balaban J connectivity index is 3.68. The van der Waals surface area contributed by atoms with Crippen molar-refractivity contribution in [2.45, 2.75) is 27.7 Å². The molecule has 0 aliphatic rings. The molecule has 0 aromatic heterocycles. The highest BCUT2D eigenvalue weighted by molar-refractivity contribution is 5.82. The first-order valence-corrected chi connectivity index (χ1v) is 4.59. The number of hydrogen-bond donors (Lipinski definition) is 1. The van der Waals surface area contributed by atoms with E-state index in [4.69, 9.17) is 0 Å². The lowest BCUT2D eigenvalue weighted by Crippen LogP contribution is -2.35. The van der Waals surface area contributed by atoms with E-state index in [1.807, 2.05) is 27.7 Å². The van der Waals surface area contributed by atoms with Crippen LogP contribution in [0.25, 0.3) is 0 Å². The third-order valence-electron chi connectivity index (χ3n) is 1.84. The van der Waals surface area contributed by atoms with Gasteiger partial charge in [-0.1, -0.05) is 27.7 Å². The van der Waals surface area contributed by atoms with E-state index in [0.29, 0.717) is 13.1 Å². The van der Waals surface area contributed by atoms with Crippen LogP contribution in [-0.2, 0) is 9.59 Å². The first kappa shape index (κ1) is 12.3. The van der Waals surface area contributed by atoms with Crippen molar-refractivity contribution in [3.8, 4) is 0 Å². The van der Waals surface area contributed by atoms with Crippen molar-refractivity contribution in [2.75, 3.05) is 13.1 Å². The second kappa shape index (κ2) is 5.12. The summed E-state index contributed by atoms with van der Waals surface area (Å²) >= 11 is 0. The average molecular weight is 185 g/mol. The lowest BCUT2D eigenvalue weighted by Gasteiger charge is -2.17. The molecule has 0 bridgehead atoms. The second-order valence-corrected chi connectivity index (χ2v) is 4.33. The van der Waals surface area contributed by atoms with Crippen LogP contribution < -0.4 is 5.32 Å². The Kier molecular flexibility index (Phi) is 4.85. The van der Waals surface area contributed by atoms with Gasteiger partial charge in [0.15, 0.2) is 0 Å². The van der Waals surface area contributed by atoms with Crippen LogP contribution in [0, 0.1) is 11.3 Å². The molecule has 0 rings (SSSR count). The third-order valence-corrected chi connectivity index (χ3v) is 1.84. The van der Waals surface area contributed by atoms with Crippen molar-refractivity contribution in [2.24, 2.45) is 11.3 Å². The number of rotatable bonds is 6. The fourth-order valence-corrected chi connectivity index (χ4v) is 0.754. The maximum atomic E-state index is 11.2. The van der Waals surface area contributed by atoms with Crippen molar-refractivity contribution in [3.63, 3.8) is 0 Å². The molecule has 0 heterocycles. The first-order chi connectivity index (χ1) is 5.89. The zero-order chi connectivity index (χ0) is 10.5. The Morgan fingerprint density at radius 1 is 1.46 bits per heavy atom. The summed E-state index contributed by atoms with van der Waals surface area (Å²) < 4.78 is 0. The summed E-state index contributed by atoms with van der Waals surface area (Å²) in [7, 11) is 0. The van der Waals surface area contributed by atoms with Gasteiger partial charge in [0, 0.05) is 17.9 Å². The molecular weight excluding hydrogens is 166 g/mol. The Hall–Kier alpha value is -0.700. The predicted molar refractivity (Wildman–Crippen MR) is 52.6 cm³/mol. The molecule has 0 radical (unpaired) electrons. The number of aldehydes is 1. The minimum Gasteiger partial charge on any atom is -0.309 e. The monoisotopic (exact) mass is 185 g/mol. The van der Waals surface area contributed by atoms with E-state index in [9.17, 15) is 9.59 Å². The first-order valence-electron chi connectivity index (χ1n) is 4.59. The van der Waals surface area contributed by atoms with Crippen LogP contribution >= 0.6 is 0 Å². The minimum atomic E-state index is -0.378. The third kappa shape index (κ3) is 5.53. The van der Waals surface area contributed by atoms with Gasteiger partial charge in [-0.15, -0.1) is 0 Å². The van der Waals surface area contributed by atoms with Gasteiger partial charge < -0.3 is 10.1 Å². The average Bonchev–Trinajstić information content (AvgIpc) is 2.04. The van der Waals surface area contributed by atoms with Gasteiger partial charge >= 0.3 is 0 Å². The SMILES string of the molecule is CC(C)C(=O)CNCC(C)(C)C=O. The zero-order valence-corrected chi connectivity index (χ0v) is 8.89. The molecule has 0 amide bonds. The van der Waals surface area contributed by atoms with Crippen molar-refractivity contribution in [3.05, 3.63) is 0 Å². The molecule has 0 atom stereocenters. The Morgan fingerprint density at radius 2 is 2.00 bits per heavy atom. The van der Waals surface area contributed by atoms with Crippen molar-refractivity contribution < 1.29 is 9.59 Å². The number of Topliss-reactive ketones (excluding diaryl/α,β-unsaturated/α-hetero) is 1.